The number of benzene rings is 2. The van der Waals surface area contributed by atoms with Crippen LogP contribution in [-0.2, 0) is 9.53 Å². The third-order valence-corrected chi connectivity index (χ3v) is 3.79. The molecule has 0 aliphatic rings. The minimum atomic E-state index is -0.581. The Labute approximate surface area is 168 Å². The van der Waals surface area contributed by atoms with E-state index >= 15 is 0 Å². The van der Waals surface area contributed by atoms with Crippen molar-refractivity contribution in [3.8, 4) is 5.75 Å². The van der Waals surface area contributed by atoms with E-state index in [9.17, 15) is 14.4 Å². The molecule has 0 unspecified atom stereocenters. The summed E-state index contributed by atoms with van der Waals surface area (Å²) < 4.78 is 10.0. The molecule has 0 fully saturated rings. The summed E-state index contributed by atoms with van der Waals surface area (Å²) in [5.74, 6) is -0.360. The van der Waals surface area contributed by atoms with Crippen LogP contribution >= 0.6 is 11.6 Å². The van der Waals surface area contributed by atoms with Crippen LogP contribution in [0, 0.1) is 0 Å². The van der Waals surface area contributed by atoms with Gasteiger partial charge in [0.1, 0.15) is 5.75 Å². The highest BCUT2D eigenvalue weighted by atomic mass is 35.5. The third-order valence-electron chi connectivity index (χ3n) is 3.54. The second kappa shape index (κ2) is 10.9. The van der Waals surface area contributed by atoms with Gasteiger partial charge in [-0.1, -0.05) is 17.7 Å². The summed E-state index contributed by atoms with van der Waals surface area (Å²) in [6, 6.07) is 13.0. The van der Waals surface area contributed by atoms with Gasteiger partial charge in [-0.3, -0.25) is 14.9 Å². The molecular formula is C20H21ClN2O5. The molecule has 0 aliphatic heterocycles. The molecule has 2 rings (SSSR count). The first-order chi connectivity index (χ1) is 13.5. The lowest BCUT2D eigenvalue weighted by Crippen LogP contribution is -2.25. The van der Waals surface area contributed by atoms with Crippen molar-refractivity contribution in [3.63, 3.8) is 0 Å². The summed E-state index contributed by atoms with van der Waals surface area (Å²) in [5.41, 5.74) is 0.955. The van der Waals surface area contributed by atoms with Crippen molar-refractivity contribution < 1.29 is 23.9 Å². The van der Waals surface area contributed by atoms with Gasteiger partial charge in [-0.15, -0.1) is 0 Å². The van der Waals surface area contributed by atoms with Gasteiger partial charge in [0.05, 0.1) is 6.61 Å². The average molecular weight is 405 g/mol. The van der Waals surface area contributed by atoms with Crippen LogP contribution < -0.4 is 15.4 Å². The fourth-order valence-electron chi connectivity index (χ4n) is 2.24. The van der Waals surface area contributed by atoms with E-state index in [1.54, 1.807) is 49.4 Å². The Morgan fingerprint density at radius 3 is 2.54 bits per heavy atom. The van der Waals surface area contributed by atoms with Gasteiger partial charge in [-0.2, -0.15) is 0 Å². The predicted octanol–water partition coefficient (Wildman–Crippen LogP) is 4.02. The fraction of sp³-hybridized carbons (Fsp3) is 0.250. The lowest BCUT2D eigenvalue weighted by atomic mass is 10.2. The number of ether oxygens (including phenoxy) is 2. The number of carbonyl (C=O) groups excluding carboxylic acids is 3. The van der Waals surface area contributed by atoms with Crippen molar-refractivity contribution >= 4 is 35.3 Å². The van der Waals surface area contributed by atoms with Crippen LogP contribution in [0.4, 0.5) is 10.5 Å². The molecule has 0 aliphatic carbocycles. The summed E-state index contributed by atoms with van der Waals surface area (Å²) in [6.07, 6.45) is -0.0163. The number of hydrogen-bond acceptors (Lipinski definition) is 5. The summed E-state index contributed by atoms with van der Waals surface area (Å²) in [5, 5.41) is 5.82. The number of esters is 1. The first-order valence-electron chi connectivity index (χ1n) is 8.76. The zero-order valence-electron chi connectivity index (χ0n) is 15.4. The smallest absolute Gasteiger partial charge is 0.411 e. The largest absolute Gasteiger partial charge is 0.450 e. The molecule has 0 heterocycles. The van der Waals surface area contributed by atoms with E-state index in [4.69, 9.17) is 21.1 Å². The molecule has 28 heavy (non-hydrogen) atoms. The molecule has 0 bridgehead atoms. The third kappa shape index (κ3) is 7.28. The maximum Gasteiger partial charge on any atom is 0.411 e. The van der Waals surface area contributed by atoms with E-state index in [-0.39, 0.29) is 18.9 Å². The Hall–Kier alpha value is -3.06. The van der Waals surface area contributed by atoms with Gasteiger partial charge in [0.25, 0.3) is 5.91 Å². The van der Waals surface area contributed by atoms with E-state index in [0.29, 0.717) is 35.0 Å². The quantitative estimate of drug-likeness (QED) is 0.393. The van der Waals surface area contributed by atoms with E-state index in [2.05, 4.69) is 10.6 Å². The normalized spacial score (nSPS) is 10.1. The Balaban J connectivity index is 1.73. The monoisotopic (exact) mass is 404 g/mol. The van der Waals surface area contributed by atoms with Gasteiger partial charge in [0.15, 0.2) is 0 Å². The lowest BCUT2D eigenvalue weighted by Gasteiger charge is -2.08. The van der Waals surface area contributed by atoms with Gasteiger partial charge >= 0.3 is 12.1 Å². The Bertz CT molecular complexity index is 824. The molecule has 148 valence electrons. The van der Waals surface area contributed by atoms with Crippen molar-refractivity contribution in [3.05, 3.63) is 59.1 Å². The highest BCUT2D eigenvalue weighted by Gasteiger charge is 2.09. The van der Waals surface area contributed by atoms with E-state index < -0.39 is 12.1 Å². The standard InChI is InChI=1S/C20H21ClN2O5/c1-2-27-20(26)23-16-5-3-6-17(13-16)28-18(24)7-4-12-22-19(25)14-8-10-15(21)11-9-14/h3,5-6,8-11,13H,2,4,7,12H2,1H3,(H,22,25)(H,23,26). The molecule has 0 aromatic heterocycles. The van der Waals surface area contributed by atoms with Crippen molar-refractivity contribution in [1.29, 1.82) is 0 Å². The zero-order valence-corrected chi connectivity index (χ0v) is 16.1. The maximum absolute atomic E-state index is 11.9. The maximum atomic E-state index is 11.9. The minimum absolute atomic E-state index is 0.135. The van der Waals surface area contributed by atoms with E-state index in [0.717, 1.165) is 0 Å². The number of hydrogen-bond donors (Lipinski definition) is 2. The number of amides is 2. The van der Waals surface area contributed by atoms with Crippen molar-refractivity contribution in [2.45, 2.75) is 19.8 Å². The molecule has 0 spiro atoms. The second-order valence-electron chi connectivity index (χ2n) is 5.71. The number of nitrogens with one attached hydrogen (secondary N) is 2. The number of carbonyl (C=O) groups is 3. The van der Waals surface area contributed by atoms with Crippen LogP contribution in [0.1, 0.15) is 30.1 Å². The SMILES string of the molecule is CCOC(=O)Nc1cccc(OC(=O)CCCNC(=O)c2ccc(Cl)cc2)c1. The van der Waals surface area contributed by atoms with Crippen molar-refractivity contribution in [2.75, 3.05) is 18.5 Å². The lowest BCUT2D eigenvalue weighted by molar-refractivity contribution is -0.134. The summed E-state index contributed by atoms with van der Waals surface area (Å²) in [6.45, 7) is 2.30. The highest BCUT2D eigenvalue weighted by molar-refractivity contribution is 6.30. The molecule has 2 aromatic rings. The molecule has 2 N–H and O–H groups in total. The van der Waals surface area contributed by atoms with Gasteiger partial charge in [0.2, 0.25) is 0 Å². The molecule has 0 saturated carbocycles. The predicted molar refractivity (Wildman–Crippen MR) is 106 cm³/mol. The van der Waals surface area contributed by atoms with Gasteiger partial charge < -0.3 is 14.8 Å². The molecule has 2 amide bonds. The molecule has 2 aromatic carbocycles. The van der Waals surface area contributed by atoms with Crippen molar-refractivity contribution in [1.82, 2.24) is 5.32 Å². The molecule has 0 atom stereocenters. The van der Waals surface area contributed by atoms with Crippen LogP contribution in [0.5, 0.6) is 5.75 Å². The Morgan fingerprint density at radius 1 is 1.07 bits per heavy atom. The zero-order chi connectivity index (χ0) is 20.4. The number of halogens is 1. The molecule has 0 radical (unpaired) electrons. The van der Waals surface area contributed by atoms with Gasteiger partial charge in [0, 0.05) is 35.3 Å². The first kappa shape index (κ1) is 21.2. The van der Waals surface area contributed by atoms with Crippen molar-refractivity contribution in [2.24, 2.45) is 0 Å². The number of rotatable bonds is 8. The van der Waals surface area contributed by atoms with Crippen LogP contribution in [0.2, 0.25) is 5.02 Å². The summed E-state index contributed by atoms with van der Waals surface area (Å²) in [4.78, 5) is 35.3. The molecule has 0 saturated heterocycles. The molecular weight excluding hydrogens is 384 g/mol. The topological polar surface area (TPSA) is 93.7 Å². The van der Waals surface area contributed by atoms with Crippen LogP contribution in [0.3, 0.4) is 0 Å². The molecule has 7 nitrogen and oxygen atoms in total. The van der Waals surface area contributed by atoms with E-state index in [1.165, 1.54) is 6.07 Å². The second-order valence-corrected chi connectivity index (χ2v) is 6.15. The summed E-state index contributed by atoms with van der Waals surface area (Å²) in [7, 11) is 0. The van der Waals surface area contributed by atoms with E-state index in [1.807, 2.05) is 0 Å². The number of anilines is 1. The van der Waals surface area contributed by atoms with Gasteiger partial charge in [-0.25, -0.2) is 4.79 Å². The summed E-state index contributed by atoms with van der Waals surface area (Å²) >= 11 is 5.78. The first-order valence-corrected chi connectivity index (χ1v) is 9.14. The van der Waals surface area contributed by atoms with Crippen LogP contribution in [0.25, 0.3) is 0 Å². The Morgan fingerprint density at radius 2 is 1.82 bits per heavy atom. The minimum Gasteiger partial charge on any atom is -0.450 e. The molecule has 8 heteroatoms. The highest BCUT2D eigenvalue weighted by Crippen LogP contribution is 2.18. The fourth-order valence-corrected chi connectivity index (χ4v) is 2.37. The van der Waals surface area contributed by atoms with Crippen LogP contribution in [0.15, 0.2) is 48.5 Å². The Kier molecular flexibility index (Phi) is 8.30. The van der Waals surface area contributed by atoms with Gasteiger partial charge in [-0.05, 0) is 49.7 Å². The average Bonchev–Trinajstić information content (AvgIpc) is 2.66. The van der Waals surface area contributed by atoms with Crippen LogP contribution in [-0.4, -0.2) is 31.1 Å².